The molecule has 0 saturated carbocycles. The van der Waals surface area contributed by atoms with Crippen LogP contribution < -0.4 is 0 Å². The van der Waals surface area contributed by atoms with Crippen molar-refractivity contribution in [3.8, 4) is 0 Å². The lowest BCUT2D eigenvalue weighted by Gasteiger charge is -2.16. The summed E-state index contributed by atoms with van der Waals surface area (Å²) in [4.78, 5) is 23.4. The zero-order chi connectivity index (χ0) is 13.1. The molecule has 0 unspecified atom stereocenters. The molecule has 0 aromatic carbocycles. The lowest BCUT2D eigenvalue weighted by molar-refractivity contribution is -0.137. The quantitative estimate of drug-likeness (QED) is 0.703. The van der Waals surface area contributed by atoms with E-state index in [0.717, 1.165) is 24.0 Å². The summed E-state index contributed by atoms with van der Waals surface area (Å²) in [6.45, 7) is 0. The third-order valence-electron chi connectivity index (χ3n) is 3.83. The third kappa shape index (κ3) is 2.33. The van der Waals surface area contributed by atoms with E-state index in [9.17, 15) is 9.59 Å². The molecule has 2 atom stereocenters. The van der Waals surface area contributed by atoms with Crippen molar-refractivity contribution in [1.82, 2.24) is 0 Å². The van der Waals surface area contributed by atoms with E-state index in [1.807, 2.05) is 12.2 Å². The van der Waals surface area contributed by atoms with Crippen molar-refractivity contribution in [3.05, 3.63) is 23.3 Å². The molecular weight excluding hydrogens is 232 g/mol. The number of carbonyl (C=O) groups excluding carboxylic acids is 2. The van der Waals surface area contributed by atoms with Crippen LogP contribution >= 0.6 is 0 Å². The second-order valence-electron chi connectivity index (χ2n) is 4.74. The predicted molar refractivity (Wildman–Crippen MR) is 65.6 cm³/mol. The first kappa shape index (κ1) is 12.9. The summed E-state index contributed by atoms with van der Waals surface area (Å²) in [6, 6.07) is 0. The van der Waals surface area contributed by atoms with Crippen molar-refractivity contribution in [2.45, 2.75) is 25.7 Å². The molecule has 0 aromatic rings. The van der Waals surface area contributed by atoms with E-state index in [2.05, 4.69) is 0 Å². The van der Waals surface area contributed by atoms with Crippen molar-refractivity contribution in [3.63, 3.8) is 0 Å². The molecule has 0 aliphatic heterocycles. The second kappa shape index (κ2) is 5.38. The van der Waals surface area contributed by atoms with Crippen LogP contribution in [0.15, 0.2) is 23.3 Å². The van der Waals surface area contributed by atoms with Crippen molar-refractivity contribution in [2.24, 2.45) is 11.8 Å². The fourth-order valence-electron chi connectivity index (χ4n) is 2.81. The average Bonchev–Trinajstić information content (AvgIpc) is 2.71. The van der Waals surface area contributed by atoms with Crippen LogP contribution in [0.25, 0.3) is 0 Å². The van der Waals surface area contributed by atoms with Crippen LogP contribution in [0.5, 0.6) is 0 Å². The number of esters is 2. The zero-order valence-corrected chi connectivity index (χ0v) is 10.8. The summed E-state index contributed by atoms with van der Waals surface area (Å²) >= 11 is 0. The third-order valence-corrected chi connectivity index (χ3v) is 3.83. The number of fused-ring (bicyclic) bond motifs is 3. The van der Waals surface area contributed by atoms with Gasteiger partial charge in [-0.05, 0) is 37.5 Å². The molecule has 0 N–H and O–H groups in total. The van der Waals surface area contributed by atoms with Crippen molar-refractivity contribution in [1.29, 1.82) is 0 Å². The first-order chi connectivity index (χ1) is 8.67. The molecule has 0 heterocycles. The molecule has 0 fully saturated rings. The maximum Gasteiger partial charge on any atom is 0.333 e. The number of ether oxygens (including phenoxy) is 2. The van der Waals surface area contributed by atoms with Crippen LogP contribution in [0.2, 0.25) is 0 Å². The fourth-order valence-corrected chi connectivity index (χ4v) is 2.81. The van der Waals surface area contributed by atoms with Gasteiger partial charge in [0.1, 0.15) is 0 Å². The predicted octanol–water partition coefficient (Wildman–Crippen LogP) is 2.01. The van der Waals surface area contributed by atoms with Gasteiger partial charge in [0.05, 0.1) is 14.2 Å². The molecule has 0 spiro atoms. The molecule has 4 heteroatoms. The molecule has 18 heavy (non-hydrogen) atoms. The summed E-state index contributed by atoms with van der Waals surface area (Å²) < 4.78 is 9.63. The molecule has 2 aliphatic carbocycles. The summed E-state index contributed by atoms with van der Waals surface area (Å²) in [5, 5.41) is 0. The zero-order valence-electron chi connectivity index (χ0n) is 10.8. The molecule has 0 aromatic heterocycles. The van der Waals surface area contributed by atoms with Crippen molar-refractivity contribution < 1.29 is 19.1 Å². The minimum Gasteiger partial charge on any atom is -0.466 e. The highest BCUT2D eigenvalue weighted by Gasteiger charge is 2.32. The standard InChI is InChI=1S/C14H18O4/c1-17-13(15)11-7-5-10-4-3-9(11)6-8-12(10)14(16)18-2/h7-10H,3-6H2,1-2H3/t9-,10-/m1/s1. The molecule has 2 bridgehead atoms. The number of methoxy groups -OCH3 is 2. The highest BCUT2D eigenvalue weighted by Crippen LogP contribution is 2.38. The summed E-state index contributed by atoms with van der Waals surface area (Å²) in [6.07, 6.45) is 7.13. The molecule has 98 valence electrons. The molecule has 2 aliphatic rings. The molecule has 0 amide bonds. The number of allylic oxidation sites excluding steroid dienone is 2. The van der Waals surface area contributed by atoms with Crippen LogP contribution in [0.4, 0.5) is 0 Å². The smallest absolute Gasteiger partial charge is 0.333 e. The van der Waals surface area contributed by atoms with Gasteiger partial charge in [0.2, 0.25) is 0 Å². The average molecular weight is 250 g/mol. The normalized spacial score (nSPS) is 26.6. The Morgan fingerprint density at radius 2 is 1.33 bits per heavy atom. The number of rotatable bonds is 2. The van der Waals surface area contributed by atoms with Gasteiger partial charge in [-0.3, -0.25) is 0 Å². The van der Waals surface area contributed by atoms with Gasteiger partial charge in [-0.1, -0.05) is 12.2 Å². The van der Waals surface area contributed by atoms with Crippen molar-refractivity contribution in [2.75, 3.05) is 14.2 Å². The molecule has 2 rings (SSSR count). The summed E-state index contributed by atoms with van der Waals surface area (Å²) in [5.74, 6) is -0.139. The lowest BCUT2D eigenvalue weighted by atomic mass is 9.91. The molecule has 0 saturated heterocycles. The van der Waals surface area contributed by atoms with Gasteiger partial charge in [-0.15, -0.1) is 0 Å². The van der Waals surface area contributed by atoms with Crippen LogP contribution in [0, 0.1) is 11.8 Å². The van der Waals surface area contributed by atoms with Gasteiger partial charge in [0.25, 0.3) is 0 Å². The minimum absolute atomic E-state index is 0.171. The number of hydrogen-bond acceptors (Lipinski definition) is 4. The number of hydrogen-bond donors (Lipinski definition) is 0. The Morgan fingerprint density at radius 3 is 1.67 bits per heavy atom. The van der Waals surface area contributed by atoms with Crippen LogP contribution in [0.1, 0.15) is 25.7 Å². The van der Waals surface area contributed by atoms with E-state index >= 15 is 0 Å². The van der Waals surface area contributed by atoms with E-state index < -0.39 is 0 Å². The van der Waals surface area contributed by atoms with Crippen LogP contribution in [-0.2, 0) is 19.1 Å². The van der Waals surface area contributed by atoms with E-state index in [4.69, 9.17) is 9.47 Å². The SMILES string of the molecule is COC(=O)C1=CC[C@H]2CC[C@@H]1CC=C2C(=O)OC. The van der Waals surface area contributed by atoms with E-state index in [1.54, 1.807) is 0 Å². The van der Waals surface area contributed by atoms with Crippen LogP contribution in [-0.4, -0.2) is 26.2 Å². The largest absolute Gasteiger partial charge is 0.466 e. The van der Waals surface area contributed by atoms with Gasteiger partial charge in [-0.2, -0.15) is 0 Å². The second-order valence-corrected chi connectivity index (χ2v) is 4.74. The Kier molecular flexibility index (Phi) is 3.84. The lowest BCUT2D eigenvalue weighted by Crippen LogP contribution is -2.15. The highest BCUT2D eigenvalue weighted by atomic mass is 16.5. The Labute approximate surface area is 107 Å². The Hall–Kier alpha value is -1.58. The molecule has 0 radical (unpaired) electrons. The minimum atomic E-state index is -0.240. The molecular formula is C14H18O4. The maximum atomic E-state index is 11.7. The number of carbonyl (C=O) groups is 2. The Morgan fingerprint density at radius 1 is 0.944 bits per heavy atom. The van der Waals surface area contributed by atoms with Crippen molar-refractivity contribution >= 4 is 11.9 Å². The topological polar surface area (TPSA) is 52.6 Å². The highest BCUT2D eigenvalue weighted by molar-refractivity contribution is 5.91. The van der Waals surface area contributed by atoms with E-state index in [-0.39, 0.29) is 23.8 Å². The van der Waals surface area contributed by atoms with Gasteiger partial charge < -0.3 is 9.47 Å². The first-order valence-corrected chi connectivity index (χ1v) is 6.24. The van der Waals surface area contributed by atoms with Crippen LogP contribution in [0.3, 0.4) is 0 Å². The van der Waals surface area contributed by atoms with Gasteiger partial charge in [0.15, 0.2) is 0 Å². The van der Waals surface area contributed by atoms with E-state index in [0.29, 0.717) is 12.8 Å². The van der Waals surface area contributed by atoms with Gasteiger partial charge in [0, 0.05) is 11.1 Å². The van der Waals surface area contributed by atoms with E-state index in [1.165, 1.54) is 14.2 Å². The van der Waals surface area contributed by atoms with Gasteiger partial charge >= 0.3 is 11.9 Å². The monoisotopic (exact) mass is 250 g/mol. The Bertz CT molecular complexity index is 380. The fraction of sp³-hybridized carbons (Fsp3) is 0.571. The summed E-state index contributed by atoms with van der Waals surface area (Å²) in [5.41, 5.74) is 1.53. The maximum absolute atomic E-state index is 11.7. The first-order valence-electron chi connectivity index (χ1n) is 6.24. The Balaban J connectivity index is 2.24. The molecule has 4 nitrogen and oxygen atoms in total. The summed E-state index contributed by atoms with van der Waals surface area (Å²) in [7, 11) is 2.81. The van der Waals surface area contributed by atoms with Gasteiger partial charge in [-0.25, -0.2) is 9.59 Å².